The number of amides is 2. The molecule has 0 unspecified atom stereocenters. The summed E-state index contributed by atoms with van der Waals surface area (Å²) < 4.78 is 0.944. The molecule has 0 bridgehead atoms. The number of benzene rings is 2. The van der Waals surface area contributed by atoms with Crippen LogP contribution < -0.4 is 16.4 Å². The molecule has 0 atom stereocenters. The number of aromatic nitrogens is 1. The molecule has 0 aliphatic heterocycles. The Morgan fingerprint density at radius 3 is 2.70 bits per heavy atom. The second-order valence-electron chi connectivity index (χ2n) is 4.19. The van der Waals surface area contributed by atoms with E-state index in [1.54, 1.807) is 6.07 Å². The molecule has 20 heavy (non-hydrogen) atoms. The molecule has 6 heteroatoms. The minimum absolute atomic E-state index is 0.316. The number of carbonyl (C=O) groups excluding carboxylic acids is 1. The molecular formula is C14H12N4OS. The topological polar surface area (TPSA) is 80.0 Å². The molecule has 1 aromatic heterocycles. The first-order valence-corrected chi connectivity index (χ1v) is 6.81. The van der Waals surface area contributed by atoms with Gasteiger partial charge in [-0.05, 0) is 30.3 Å². The number of rotatable bonds is 2. The Labute approximate surface area is 119 Å². The molecule has 0 fully saturated rings. The molecule has 0 saturated heterocycles. The number of carbonyl (C=O) groups is 1. The van der Waals surface area contributed by atoms with Crippen LogP contribution in [0.25, 0.3) is 10.2 Å². The van der Waals surface area contributed by atoms with E-state index in [9.17, 15) is 4.79 Å². The zero-order chi connectivity index (χ0) is 13.9. The van der Waals surface area contributed by atoms with Crippen LogP contribution in [0.5, 0.6) is 0 Å². The molecule has 4 N–H and O–H groups in total. The predicted molar refractivity (Wildman–Crippen MR) is 83.1 cm³/mol. The van der Waals surface area contributed by atoms with Gasteiger partial charge in [-0.3, -0.25) is 5.32 Å². The molecular weight excluding hydrogens is 272 g/mol. The number of hydrogen-bond acceptors (Lipinski definition) is 4. The fourth-order valence-corrected chi connectivity index (χ4v) is 2.68. The highest BCUT2D eigenvalue weighted by Crippen LogP contribution is 2.27. The van der Waals surface area contributed by atoms with Gasteiger partial charge in [0, 0.05) is 11.4 Å². The molecule has 2 amide bonds. The van der Waals surface area contributed by atoms with Crippen LogP contribution in [0.1, 0.15) is 0 Å². The highest BCUT2D eigenvalue weighted by Gasteiger charge is 2.07. The van der Waals surface area contributed by atoms with E-state index in [4.69, 9.17) is 5.73 Å². The second kappa shape index (κ2) is 5.18. The lowest BCUT2D eigenvalue weighted by Crippen LogP contribution is -2.19. The van der Waals surface area contributed by atoms with Gasteiger partial charge in [-0.2, -0.15) is 0 Å². The Hall–Kier alpha value is -2.60. The maximum Gasteiger partial charge on any atom is 0.325 e. The number of nitrogens with one attached hydrogen (secondary N) is 2. The number of nitrogen functional groups attached to an aromatic ring is 1. The Bertz CT molecular complexity index is 754. The Morgan fingerprint density at radius 1 is 1.10 bits per heavy atom. The Kier molecular flexibility index (Phi) is 3.22. The molecule has 2 aromatic carbocycles. The molecule has 3 rings (SSSR count). The third-order valence-electron chi connectivity index (χ3n) is 2.66. The van der Waals surface area contributed by atoms with Crippen LogP contribution in [0, 0.1) is 0 Å². The summed E-state index contributed by atoms with van der Waals surface area (Å²) in [5, 5.41) is 5.99. The van der Waals surface area contributed by atoms with Gasteiger partial charge in [-0.1, -0.05) is 29.5 Å². The number of nitrogens with two attached hydrogens (primary N) is 1. The third kappa shape index (κ3) is 2.70. The molecule has 0 radical (unpaired) electrons. The summed E-state index contributed by atoms with van der Waals surface area (Å²) in [5.41, 5.74) is 7.95. The number of urea groups is 1. The van der Waals surface area contributed by atoms with Crippen molar-refractivity contribution in [1.29, 1.82) is 0 Å². The van der Waals surface area contributed by atoms with Crippen molar-refractivity contribution < 1.29 is 4.79 Å². The van der Waals surface area contributed by atoms with Gasteiger partial charge in [-0.15, -0.1) is 0 Å². The average Bonchev–Trinajstić information content (AvgIpc) is 2.80. The smallest absolute Gasteiger partial charge is 0.325 e. The maximum atomic E-state index is 11.8. The van der Waals surface area contributed by atoms with E-state index in [0.29, 0.717) is 10.8 Å². The highest BCUT2D eigenvalue weighted by atomic mass is 32.1. The van der Waals surface area contributed by atoms with Gasteiger partial charge in [0.25, 0.3) is 0 Å². The monoisotopic (exact) mass is 284 g/mol. The minimum Gasteiger partial charge on any atom is -0.399 e. The number of thiazole rings is 1. The first kappa shape index (κ1) is 12.4. The van der Waals surface area contributed by atoms with E-state index in [1.165, 1.54) is 11.3 Å². The normalized spacial score (nSPS) is 10.4. The van der Waals surface area contributed by atoms with Gasteiger partial charge in [0.15, 0.2) is 5.13 Å². The quantitative estimate of drug-likeness (QED) is 0.630. The molecule has 0 saturated carbocycles. The lowest BCUT2D eigenvalue weighted by molar-refractivity contribution is 0.262. The zero-order valence-corrected chi connectivity index (χ0v) is 11.3. The second-order valence-corrected chi connectivity index (χ2v) is 5.22. The third-order valence-corrected chi connectivity index (χ3v) is 3.60. The van der Waals surface area contributed by atoms with Crippen LogP contribution in [0.2, 0.25) is 0 Å². The van der Waals surface area contributed by atoms with Crippen LogP contribution in [0.15, 0.2) is 48.5 Å². The van der Waals surface area contributed by atoms with E-state index in [-0.39, 0.29) is 6.03 Å². The van der Waals surface area contributed by atoms with E-state index in [0.717, 1.165) is 15.9 Å². The standard InChI is InChI=1S/C14H12N4OS/c15-9-6-7-11-12(8-9)20-14(17-11)18-13(19)16-10-4-2-1-3-5-10/h1-8H,15H2,(H2,16,17,18,19). The molecule has 3 aromatic rings. The van der Waals surface area contributed by atoms with Crippen LogP contribution in [-0.2, 0) is 0 Å². The van der Waals surface area contributed by atoms with E-state index >= 15 is 0 Å². The first-order valence-electron chi connectivity index (χ1n) is 6.00. The summed E-state index contributed by atoms with van der Waals surface area (Å²) in [6.45, 7) is 0. The van der Waals surface area contributed by atoms with Gasteiger partial charge in [0.2, 0.25) is 0 Å². The van der Waals surface area contributed by atoms with Crippen molar-refractivity contribution in [2.45, 2.75) is 0 Å². The van der Waals surface area contributed by atoms with Crippen LogP contribution in [-0.4, -0.2) is 11.0 Å². The number of para-hydroxylation sites is 1. The number of hydrogen-bond donors (Lipinski definition) is 3. The predicted octanol–water partition coefficient (Wildman–Crippen LogP) is 3.52. The van der Waals surface area contributed by atoms with Gasteiger partial charge in [-0.25, -0.2) is 9.78 Å². The summed E-state index contributed by atoms with van der Waals surface area (Å²) in [4.78, 5) is 16.2. The molecule has 0 aliphatic rings. The minimum atomic E-state index is -0.316. The first-order chi connectivity index (χ1) is 9.70. The van der Waals surface area contributed by atoms with Gasteiger partial charge >= 0.3 is 6.03 Å². The maximum absolute atomic E-state index is 11.8. The average molecular weight is 284 g/mol. The van der Waals surface area contributed by atoms with Crippen molar-refractivity contribution in [3.05, 3.63) is 48.5 Å². The lowest BCUT2D eigenvalue weighted by Gasteiger charge is -2.04. The molecule has 0 aliphatic carbocycles. The fourth-order valence-electron chi connectivity index (χ4n) is 1.78. The van der Waals surface area contributed by atoms with Crippen LogP contribution in [0.3, 0.4) is 0 Å². The van der Waals surface area contributed by atoms with E-state index in [2.05, 4.69) is 15.6 Å². The molecule has 5 nitrogen and oxygen atoms in total. The van der Waals surface area contributed by atoms with Gasteiger partial charge in [0.1, 0.15) is 0 Å². The zero-order valence-electron chi connectivity index (χ0n) is 10.5. The number of fused-ring (bicyclic) bond motifs is 1. The van der Waals surface area contributed by atoms with Crippen molar-refractivity contribution in [2.75, 3.05) is 16.4 Å². The highest BCUT2D eigenvalue weighted by molar-refractivity contribution is 7.22. The summed E-state index contributed by atoms with van der Waals surface area (Å²) in [7, 11) is 0. The van der Waals surface area contributed by atoms with Crippen LogP contribution >= 0.6 is 11.3 Å². The van der Waals surface area contributed by atoms with Crippen molar-refractivity contribution in [3.63, 3.8) is 0 Å². The van der Waals surface area contributed by atoms with Crippen molar-refractivity contribution in [2.24, 2.45) is 0 Å². The van der Waals surface area contributed by atoms with Gasteiger partial charge in [0.05, 0.1) is 10.2 Å². The van der Waals surface area contributed by atoms with E-state index in [1.807, 2.05) is 42.5 Å². The molecule has 1 heterocycles. The SMILES string of the molecule is Nc1ccc2nc(NC(=O)Nc3ccccc3)sc2c1. The summed E-state index contributed by atoms with van der Waals surface area (Å²) in [6, 6.07) is 14.4. The van der Waals surface area contributed by atoms with Crippen molar-refractivity contribution in [3.8, 4) is 0 Å². The molecule has 0 spiro atoms. The largest absolute Gasteiger partial charge is 0.399 e. The summed E-state index contributed by atoms with van der Waals surface area (Å²) in [5.74, 6) is 0. The lowest BCUT2D eigenvalue weighted by atomic mass is 10.3. The Morgan fingerprint density at radius 2 is 1.90 bits per heavy atom. The van der Waals surface area contributed by atoms with Gasteiger partial charge < -0.3 is 11.1 Å². The van der Waals surface area contributed by atoms with Crippen molar-refractivity contribution in [1.82, 2.24) is 4.98 Å². The van der Waals surface area contributed by atoms with E-state index < -0.39 is 0 Å². The molecule has 100 valence electrons. The Balaban J connectivity index is 1.74. The number of nitrogens with zero attached hydrogens (tertiary/aromatic N) is 1. The van der Waals surface area contributed by atoms with Crippen molar-refractivity contribution >= 4 is 44.1 Å². The number of anilines is 3. The summed E-state index contributed by atoms with van der Waals surface area (Å²) in [6.07, 6.45) is 0. The van der Waals surface area contributed by atoms with Crippen LogP contribution in [0.4, 0.5) is 21.3 Å². The fraction of sp³-hybridized carbons (Fsp3) is 0. The summed E-state index contributed by atoms with van der Waals surface area (Å²) >= 11 is 1.39.